The fraction of sp³-hybridized carbons (Fsp3) is 0.286. The SMILES string of the molecule is CC.Cc1cccc(-c2cnc(CN=C(N)N)o2)c1. The van der Waals surface area contributed by atoms with Crippen molar-refractivity contribution in [1.29, 1.82) is 0 Å². The van der Waals surface area contributed by atoms with Gasteiger partial charge in [0.25, 0.3) is 0 Å². The number of nitrogens with zero attached hydrogens (tertiary/aromatic N) is 2. The van der Waals surface area contributed by atoms with Crippen molar-refractivity contribution >= 4 is 5.96 Å². The molecule has 2 rings (SSSR count). The number of aliphatic imine (C=N–C) groups is 1. The zero-order valence-corrected chi connectivity index (χ0v) is 11.6. The van der Waals surface area contributed by atoms with Gasteiger partial charge < -0.3 is 15.9 Å². The fourth-order valence-corrected chi connectivity index (χ4v) is 1.47. The van der Waals surface area contributed by atoms with E-state index in [0.29, 0.717) is 5.89 Å². The van der Waals surface area contributed by atoms with Crippen LogP contribution < -0.4 is 11.5 Å². The average Bonchev–Trinajstić information content (AvgIpc) is 2.87. The van der Waals surface area contributed by atoms with Gasteiger partial charge in [0.2, 0.25) is 5.89 Å². The second-order valence-electron chi connectivity index (χ2n) is 3.73. The number of hydrogen-bond donors (Lipinski definition) is 2. The molecule has 0 aliphatic carbocycles. The van der Waals surface area contributed by atoms with Crippen LogP contribution in [0.2, 0.25) is 0 Å². The third-order valence-electron chi connectivity index (χ3n) is 2.25. The molecule has 0 unspecified atom stereocenters. The molecule has 1 aromatic carbocycles. The van der Waals surface area contributed by atoms with E-state index in [1.165, 1.54) is 5.56 Å². The van der Waals surface area contributed by atoms with Gasteiger partial charge in [-0.25, -0.2) is 9.98 Å². The van der Waals surface area contributed by atoms with Crippen LogP contribution in [-0.2, 0) is 6.54 Å². The molecule has 102 valence electrons. The predicted molar refractivity (Wildman–Crippen MR) is 77.5 cm³/mol. The molecule has 0 saturated carbocycles. The average molecular weight is 260 g/mol. The Bertz CT molecular complexity index is 542. The van der Waals surface area contributed by atoms with E-state index < -0.39 is 0 Å². The molecule has 4 N–H and O–H groups in total. The molecule has 1 heterocycles. The summed E-state index contributed by atoms with van der Waals surface area (Å²) in [5.74, 6) is 1.24. The molecule has 0 aliphatic rings. The molecule has 19 heavy (non-hydrogen) atoms. The van der Waals surface area contributed by atoms with Gasteiger partial charge in [-0.05, 0) is 13.0 Å². The minimum absolute atomic E-state index is 0.0281. The van der Waals surface area contributed by atoms with Gasteiger partial charge in [-0.15, -0.1) is 0 Å². The number of aromatic nitrogens is 1. The van der Waals surface area contributed by atoms with Gasteiger partial charge in [-0.3, -0.25) is 0 Å². The first kappa shape index (κ1) is 14.8. The Morgan fingerprint density at radius 3 is 2.68 bits per heavy atom. The summed E-state index contributed by atoms with van der Waals surface area (Å²) in [6, 6.07) is 8.01. The Balaban J connectivity index is 0.000000861. The molecule has 0 bridgehead atoms. The van der Waals surface area contributed by atoms with E-state index >= 15 is 0 Å². The Labute approximate surface area is 113 Å². The Hall–Kier alpha value is -2.30. The quantitative estimate of drug-likeness (QED) is 0.655. The molecular formula is C14H20N4O. The number of rotatable bonds is 3. The van der Waals surface area contributed by atoms with Crippen molar-refractivity contribution in [1.82, 2.24) is 4.98 Å². The lowest BCUT2D eigenvalue weighted by Gasteiger charge is -1.97. The molecule has 0 atom stereocenters. The monoisotopic (exact) mass is 260 g/mol. The maximum atomic E-state index is 5.55. The largest absolute Gasteiger partial charge is 0.439 e. The van der Waals surface area contributed by atoms with E-state index in [0.717, 1.165) is 11.3 Å². The highest BCUT2D eigenvalue weighted by atomic mass is 16.4. The molecule has 5 heteroatoms. The van der Waals surface area contributed by atoms with Gasteiger partial charge in [0, 0.05) is 5.56 Å². The third kappa shape index (κ3) is 4.46. The maximum Gasteiger partial charge on any atom is 0.216 e. The van der Waals surface area contributed by atoms with Gasteiger partial charge in [0.05, 0.1) is 6.20 Å². The number of nitrogens with two attached hydrogens (primary N) is 2. The zero-order chi connectivity index (χ0) is 14.3. The number of guanidine groups is 1. The van der Waals surface area contributed by atoms with Crippen LogP contribution in [0.15, 0.2) is 39.9 Å². The summed E-state index contributed by atoms with van der Waals surface area (Å²) in [4.78, 5) is 7.94. The van der Waals surface area contributed by atoms with Crippen molar-refractivity contribution < 1.29 is 4.42 Å². The number of oxazole rings is 1. The van der Waals surface area contributed by atoms with Crippen LogP contribution in [0.25, 0.3) is 11.3 Å². The summed E-state index contributed by atoms with van der Waals surface area (Å²) in [6.45, 7) is 6.29. The van der Waals surface area contributed by atoms with Crippen LogP contribution in [0.5, 0.6) is 0 Å². The van der Waals surface area contributed by atoms with Crippen molar-refractivity contribution in [3.63, 3.8) is 0 Å². The van der Waals surface area contributed by atoms with Crippen LogP contribution in [0.1, 0.15) is 25.3 Å². The van der Waals surface area contributed by atoms with Crippen molar-refractivity contribution in [2.75, 3.05) is 0 Å². The molecule has 1 aromatic heterocycles. The van der Waals surface area contributed by atoms with Gasteiger partial charge >= 0.3 is 0 Å². The summed E-state index contributed by atoms with van der Waals surface area (Å²) in [5, 5.41) is 0. The van der Waals surface area contributed by atoms with E-state index in [9.17, 15) is 0 Å². The lowest BCUT2D eigenvalue weighted by Crippen LogP contribution is -2.22. The predicted octanol–water partition coefficient (Wildman–Crippen LogP) is 2.45. The van der Waals surface area contributed by atoms with Crippen LogP contribution >= 0.6 is 0 Å². The lowest BCUT2D eigenvalue weighted by molar-refractivity contribution is 0.510. The molecule has 2 aromatic rings. The Morgan fingerprint density at radius 2 is 2.05 bits per heavy atom. The highest BCUT2D eigenvalue weighted by molar-refractivity contribution is 5.75. The normalized spacial score (nSPS) is 9.42. The molecule has 0 fully saturated rings. The molecule has 0 aliphatic heterocycles. The second-order valence-corrected chi connectivity index (χ2v) is 3.73. The first-order chi connectivity index (χ1) is 9.15. The van der Waals surface area contributed by atoms with Crippen LogP contribution in [-0.4, -0.2) is 10.9 Å². The lowest BCUT2D eigenvalue weighted by atomic mass is 10.1. The highest BCUT2D eigenvalue weighted by Gasteiger charge is 2.05. The van der Waals surface area contributed by atoms with Crippen LogP contribution in [0, 0.1) is 6.92 Å². The minimum atomic E-state index is 0.0281. The van der Waals surface area contributed by atoms with E-state index in [1.807, 2.05) is 45.0 Å². The summed E-state index contributed by atoms with van der Waals surface area (Å²) < 4.78 is 5.55. The van der Waals surface area contributed by atoms with Crippen molar-refractivity contribution in [2.45, 2.75) is 27.3 Å². The molecular weight excluding hydrogens is 240 g/mol. The highest BCUT2D eigenvalue weighted by Crippen LogP contribution is 2.21. The van der Waals surface area contributed by atoms with E-state index in [2.05, 4.69) is 9.98 Å². The fourth-order valence-electron chi connectivity index (χ4n) is 1.47. The molecule has 0 radical (unpaired) electrons. The van der Waals surface area contributed by atoms with E-state index in [-0.39, 0.29) is 12.5 Å². The van der Waals surface area contributed by atoms with Crippen LogP contribution in [0.3, 0.4) is 0 Å². The second kappa shape index (κ2) is 7.20. The smallest absolute Gasteiger partial charge is 0.216 e. The van der Waals surface area contributed by atoms with Crippen molar-refractivity contribution in [3.8, 4) is 11.3 Å². The van der Waals surface area contributed by atoms with Crippen molar-refractivity contribution in [3.05, 3.63) is 41.9 Å². The number of benzene rings is 1. The zero-order valence-electron chi connectivity index (χ0n) is 11.6. The van der Waals surface area contributed by atoms with Crippen LogP contribution in [0.4, 0.5) is 0 Å². The number of hydrogen-bond acceptors (Lipinski definition) is 3. The summed E-state index contributed by atoms with van der Waals surface area (Å²) >= 11 is 0. The van der Waals surface area contributed by atoms with E-state index in [1.54, 1.807) is 6.20 Å². The van der Waals surface area contributed by atoms with Gasteiger partial charge in [0.1, 0.15) is 6.54 Å². The Kier molecular flexibility index (Phi) is 5.60. The third-order valence-corrected chi connectivity index (χ3v) is 2.25. The molecule has 5 nitrogen and oxygen atoms in total. The molecule has 0 spiro atoms. The minimum Gasteiger partial charge on any atom is -0.439 e. The van der Waals surface area contributed by atoms with Gasteiger partial charge in [-0.2, -0.15) is 0 Å². The summed E-state index contributed by atoms with van der Waals surface area (Å²) in [6.07, 6.45) is 1.67. The topological polar surface area (TPSA) is 90.4 Å². The summed E-state index contributed by atoms with van der Waals surface area (Å²) in [5.41, 5.74) is 12.6. The molecule has 0 saturated heterocycles. The van der Waals surface area contributed by atoms with E-state index in [4.69, 9.17) is 15.9 Å². The van der Waals surface area contributed by atoms with Crippen molar-refractivity contribution in [2.24, 2.45) is 16.5 Å². The molecule has 0 amide bonds. The van der Waals surface area contributed by atoms with Gasteiger partial charge in [-0.1, -0.05) is 37.6 Å². The first-order valence-corrected chi connectivity index (χ1v) is 6.22. The Morgan fingerprint density at radius 1 is 1.32 bits per heavy atom. The number of aryl methyl sites for hydroxylation is 1. The standard InChI is InChI=1S/C12H14N4O.C2H6/c1-8-3-2-4-9(5-8)10-6-15-11(17-10)7-16-12(13)14;1-2/h2-6H,7H2,1H3,(H4,13,14,16);1-2H3. The summed E-state index contributed by atoms with van der Waals surface area (Å²) in [7, 11) is 0. The van der Waals surface area contributed by atoms with Gasteiger partial charge in [0.15, 0.2) is 11.7 Å². The first-order valence-electron chi connectivity index (χ1n) is 6.22. The maximum absolute atomic E-state index is 5.55.